The first-order chi connectivity index (χ1) is 10.9. The van der Waals surface area contributed by atoms with Crippen molar-refractivity contribution in [3.63, 3.8) is 0 Å². The third-order valence-electron chi connectivity index (χ3n) is 3.27. The van der Waals surface area contributed by atoms with E-state index in [2.05, 4.69) is 35.1 Å². The lowest BCUT2D eigenvalue weighted by Gasteiger charge is -2.14. The molecule has 122 valence electrons. The van der Waals surface area contributed by atoms with Crippen LogP contribution >= 0.6 is 27.5 Å². The van der Waals surface area contributed by atoms with Crippen molar-refractivity contribution in [2.75, 3.05) is 11.9 Å². The summed E-state index contributed by atoms with van der Waals surface area (Å²) in [6.45, 7) is 6.55. The molecule has 0 fully saturated rings. The first-order valence-electron chi connectivity index (χ1n) is 7.37. The number of nitrogens with one attached hydrogen (secondary N) is 1. The fourth-order valence-corrected chi connectivity index (χ4v) is 2.53. The molecule has 3 nitrogen and oxygen atoms in total. The number of carbonyl (C=O) groups is 1. The van der Waals surface area contributed by atoms with Crippen molar-refractivity contribution in [3.8, 4) is 5.75 Å². The molecule has 23 heavy (non-hydrogen) atoms. The fraction of sp³-hybridized carbons (Fsp3) is 0.278. The van der Waals surface area contributed by atoms with Crippen LogP contribution in [0.25, 0.3) is 0 Å². The van der Waals surface area contributed by atoms with Crippen molar-refractivity contribution in [2.24, 2.45) is 5.92 Å². The molecule has 0 radical (unpaired) electrons. The van der Waals surface area contributed by atoms with Gasteiger partial charge in [0.15, 0.2) is 0 Å². The van der Waals surface area contributed by atoms with Gasteiger partial charge in [-0.05, 0) is 48.7 Å². The number of hydrogen-bond donors (Lipinski definition) is 1. The van der Waals surface area contributed by atoms with Crippen LogP contribution in [-0.4, -0.2) is 12.5 Å². The lowest BCUT2D eigenvalue weighted by molar-refractivity contribution is 0.102. The molecule has 0 aliphatic heterocycles. The number of hydrogen-bond acceptors (Lipinski definition) is 2. The van der Waals surface area contributed by atoms with Crippen LogP contribution in [0.2, 0.25) is 5.02 Å². The number of carbonyl (C=O) groups excluding carboxylic acids is 1. The van der Waals surface area contributed by atoms with Gasteiger partial charge in [-0.15, -0.1) is 0 Å². The maximum Gasteiger partial charge on any atom is 0.259 e. The van der Waals surface area contributed by atoms with Crippen molar-refractivity contribution < 1.29 is 9.53 Å². The Hall–Kier alpha value is -1.52. The molecule has 1 amide bonds. The van der Waals surface area contributed by atoms with E-state index < -0.39 is 0 Å². The highest BCUT2D eigenvalue weighted by atomic mass is 79.9. The number of amides is 1. The van der Waals surface area contributed by atoms with Crippen LogP contribution < -0.4 is 10.1 Å². The largest absolute Gasteiger partial charge is 0.492 e. The molecule has 0 aromatic heterocycles. The summed E-state index contributed by atoms with van der Waals surface area (Å²) in [5, 5.41) is 3.52. The predicted octanol–water partition coefficient (Wildman–Crippen LogP) is 5.70. The number of anilines is 1. The first-order valence-corrected chi connectivity index (χ1v) is 8.54. The Morgan fingerprint density at radius 1 is 1.30 bits per heavy atom. The number of benzene rings is 2. The summed E-state index contributed by atoms with van der Waals surface area (Å²) in [6, 6.07) is 10.8. The van der Waals surface area contributed by atoms with Crippen molar-refractivity contribution in [1.29, 1.82) is 0 Å². The van der Waals surface area contributed by atoms with Crippen LogP contribution in [0.5, 0.6) is 5.75 Å². The van der Waals surface area contributed by atoms with E-state index in [-0.39, 0.29) is 5.91 Å². The number of ether oxygens (including phenoxy) is 1. The highest BCUT2D eigenvalue weighted by Gasteiger charge is 2.15. The second-order valence-corrected chi connectivity index (χ2v) is 7.03. The minimum Gasteiger partial charge on any atom is -0.492 e. The lowest BCUT2D eigenvalue weighted by atomic mass is 10.1. The molecule has 0 saturated heterocycles. The van der Waals surface area contributed by atoms with Crippen LogP contribution in [0, 0.1) is 12.8 Å². The van der Waals surface area contributed by atoms with E-state index in [0.717, 1.165) is 10.0 Å². The van der Waals surface area contributed by atoms with E-state index in [1.165, 1.54) is 0 Å². The monoisotopic (exact) mass is 395 g/mol. The maximum atomic E-state index is 12.6. The van der Waals surface area contributed by atoms with Crippen LogP contribution in [0.15, 0.2) is 40.9 Å². The Bertz CT molecular complexity index is 716. The molecule has 0 bridgehead atoms. The standard InChI is InChI=1S/C18H19BrClNO2/c1-11(2)10-23-17-8-7-13(19)9-14(17)18(22)21-16-6-4-5-15(20)12(16)3/h4-9,11H,10H2,1-3H3,(H,21,22). The molecule has 0 atom stereocenters. The normalized spacial score (nSPS) is 10.7. The molecule has 1 N–H and O–H groups in total. The average Bonchev–Trinajstić information content (AvgIpc) is 2.50. The van der Waals surface area contributed by atoms with Gasteiger partial charge in [-0.1, -0.05) is 47.4 Å². The average molecular weight is 397 g/mol. The van der Waals surface area contributed by atoms with Gasteiger partial charge in [-0.25, -0.2) is 0 Å². The van der Waals surface area contributed by atoms with E-state index in [4.69, 9.17) is 16.3 Å². The van der Waals surface area contributed by atoms with E-state index >= 15 is 0 Å². The summed E-state index contributed by atoms with van der Waals surface area (Å²) in [7, 11) is 0. The number of halogens is 2. The Morgan fingerprint density at radius 3 is 2.74 bits per heavy atom. The van der Waals surface area contributed by atoms with Crippen molar-refractivity contribution in [2.45, 2.75) is 20.8 Å². The van der Waals surface area contributed by atoms with E-state index in [1.54, 1.807) is 18.2 Å². The highest BCUT2D eigenvalue weighted by Crippen LogP contribution is 2.27. The van der Waals surface area contributed by atoms with Gasteiger partial charge in [0.25, 0.3) is 5.91 Å². The molecule has 2 rings (SSSR count). The second kappa shape index (κ2) is 7.84. The molecule has 0 spiro atoms. The molecule has 5 heteroatoms. The summed E-state index contributed by atoms with van der Waals surface area (Å²) < 4.78 is 6.58. The van der Waals surface area contributed by atoms with Gasteiger partial charge in [0.05, 0.1) is 12.2 Å². The highest BCUT2D eigenvalue weighted by molar-refractivity contribution is 9.10. The summed E-state index contributed by atoms with van der Waals surface area (Å²) in [5.74, 6) is 0.722. The summed E-state index contributed by atoms with van der Waals surface area (Å²) >= 11 is 9.50. The summed E-state index contributed by atoms with van der Waals surface area (Å²) in [5.41, 5.74) is 2.01. The van der Waals surface area contributed by atoms with Crippen molar-refractivity contribution >= 4 is 39.1 Å². The van der Waals surface area contributed by atoms with Gasteiger partial charge in [-0.3, -0.25) is 4.79 Å². The van der Waals surface area contributed by atoms with Crippen LogP contribution in [0.1, 0.15) is 29.8 Å². The van der Waals surface area contributed by atoms with E-state index in [9.17, 15) is 4.79 Å². The quantitative estimate of drug-likeness (QED) is 0.704. The number of rotatable bonds is 5. The topological polar surface area (TPSA) is 38.3 Å². The van der Waals surface area contributed by atoms with Gasteiger partial charge in [-0.2, -0.15) is 0 Å². The van der Waals surface area contributed by atoms with Crippen LogP contribution in [0.4, 0.5) is 5.69 Å². The minimum absolute atomic E-state index is 0.226. The minimum atomic E-state index is -0.226. The molecular formula is C18H19BrClNO2. The molecule has 0 heterocycles. The zero-order chi connectivity index (χ0) is 17.0. The lowest BCUT2D eigenvalue weighted by Crippen LogP contribution is -2.15. The summed E-state index contributed by atoms with van der Waals surface area (Å²) in [6.07, 6.45) is 0. The van der Waals surface area contributed by atoms with Crippen molar-refractivity contribution in [1.82, 2.24) is 0 Å². The first kappa shape index (κ1) is 17.8. The van der Waals surface area contributed by atoms with Gasteiger partial charge in [0.2, 0.25) is 0 Å². The van der Waals surface area contributed by atoms with Gasteiger partial charge >= 0.3 is 0 Å². The van der Waals surface area contributed by atoms with Gasteiger partial charge in [0, 0.05) is 15.2 Å². The Labute approximate surface area is 150 Å². The smallest absolute Gasteiger partial charge is 0.259 e. The van der Waals surface area contributed by atoms with Crippen molar-refractivity contribution in [3.05, 3.63) is 57.0 Å². The van der Waals surface area contributed by atoms with Crippen LogP contribution in [0.3, 0.4) is 0 Å². The molecule has 0 aliphatic rings. The van der Waals surface area contributed by atoms with Gasteiger partial charge < -0.3 is 10.1 Å². The molecule has 2 aromatic carbocycles. The van der Waals surface area contributed by atoms with Crippen LogP contribution in [-0.2, 0) is 0 Å². The third-order valence-corrected chi connectivity index (χ3v) is 4.18. The maximum absolute atomic E-state index is 12.6. The zero-order valence-corrected chi connectivity index (χ0v) is 15.7. The Balaban J connectivity index is 2.27. The molecule has 2 aromatic rings. The summed E-state index contributed by atoms with van der Waals surface area (Å²) in [4.78, 5) is 12.6. The van der Waals surface area contributed by atoms with E-state index in [0.29, 0.717) is 34.5 Å². The Kier molecular flexibility index (Phi) is 6.08. The zero-order valence-electron chi connectivity index (χ0n) is 13.3. The Morgan fingerprint density at radius 2 is 2.04 bits per heavy atom. The molecule has 0 aliphatic carbocycles. The van der Waals surface area contributed by atoms with Gasteiger partial charge in [0.1, 0.15) is 5.75 Å². The molecule has 0 saturated carbocycles. The SMILES string of the molecule is Cc1c(Cl)cccc1NC(=O)c1cc(Br)ccc1OCC(C)C. The molecule has 0 unspecified atom stereocenters. The predicted molar refractivity (Wildman–Crippen MR) is 98.6 cm³/mol. The van der Waals surface area contributed by atoms with E-state index in [1.807, 2.05) is 25.1 Å². The fourth-order valence-electron chi connectivity index (χ4n) is 1.99. The second-order valence-electron chi connectivity index (χ2n) is 5.71. The molecular weight excluding hydrogens is 378 g/mol. The third kappa shape index (κ3) is 4.72.